The molecule has 0 aliphatic carbocycles. The van der Waals surface area contributed by atoms with E-state index in [1.165, 1.54) is 13.2 Å². The third-order valence-electron chi connectivity index (χ3n) is 2.18. The highest BCUT2D eigenvalue weighted by atomic mass is 16.6. The Bertz CT molecular complexity index is 429. The topological polar surface area (TPSA) is 67.4 Å². The highest BCUT2D eigenvalue weighted by Gasteiger charge is 2.13. The van der Waals surface area contributed by atoms with Crippen LogP contribution in [-0.2, 0) is 14.4 Å². The van der Waals surface area contributed by atoms with Gasteiger partial charge < -0.3 is 5.32 Å². The molecular formula is C13H16N2O3. The van der Waals surface area contributed by atoms with Crippen LogP contribution in [0.15, 0.2) is 36.4 Å². The van der Waals surface area contributed by atoms with Crippen LogP contribution < -0.4 is 10.8 Å². The minimum Gasteiger partial charge on any atom is -0.341 e. The van der Waals surface area contributed by atoms with Crippen molar-refractivity contribution < 1.29 is 14.4 Å². The molecule has 18 heavy (non-hydrogen) atoms. The molecule has 5 heteroatoms. The van der Waals surface area contributed by atoms with E-state index in [4.69, 9.17) is 0 Å². The van der Waals surface area contributed by atoms with E-state index < -0.39 is 11.9 Å². The second-order valence-corrected chi connectivity index (χ2v) is 3.64. The summed E-state index contributed by atoms with van der Waals surface area (Å²) >= 11 is 0. The summed E-state index contributed by atoms with van der Waals surface area (Å²) in [5.41, 5.74) is 3.06. The lowest BCUT2D eigenvalue weighted by Crippen LogP contribution is -2.43. The number of carbonyl (C=O) groups excluding carboxylic acids is 2. The van der Waals surface area contributed by atoms with E-state index in [1.54, 1.807) is 13.0 Å². The summed E-state index contributed by atoms with van der Waals surface area (Å²) in [6.45, 7) is 1.57. The summed E-state index contributed by atoms with van der Waals surface area (Å²) in [5.74, 6) is -0.739. The summed E-state index contributed by atoms with van der Waals surface area (Å²) in [5, 5.41) is 2.52. The summed E-state index contributed by atoms with van der Waals surface area (Å²) in [6, 6.07) is 8.76. The lowest BCUT2D eigenvalue weighted by molar-refractivity contribution is -0.135. The third kappa shape index (κ3) is 4.80. The van der Waals surface area contributed by atoms with Crippen LogP contribution in [0.25, 0.3) is 6.08 Å². The fraction of sp³-hybridized carbons (Fsp3) is 0.231. The molecule has 0 aliphatic heterocycles. The van der Waals surface area contributed by atoms with E-state index in [2.05, 4.69) is 15.6 Å². The summed E-state index contributed by atoms with van der Waals surface area (Å²) in [4.78, 5) is 27.3. The van der Waals surface area contributed by atoms with Gasteiger partial charge in [0.05, 0.1) is 7.11 Å². The fourth-order valence-corrected chi connectivity index (χ4v) is 1.25. The van der Waals surface area contributed by atoms with Gasteiger partial charge >= 0.3 is 0 Å². The van der Waals surface area contributed by atoms with Gasteiger partial charge in [0.2, 0.25) is 5.91 Å². The van der Waals surface area contributed by atoms with E-state index in [1.807, 2.05) is 30.3 Å². The minimum absolute atomic E-state index is 0.336. The van der Waals surface area contributed by atoms with Crippen molar-refractivity contribution in [1.82, 2.24) is 10.8 Å². The molecule has 2 N–H and O–H groups in total. The molecule has 2 amide bonds. The van der Waals surface area contributed by atoms with Crippen molar-refractivity contribution in [3.8, 4) is 0 Å². The van der Waals surface area contributed by atoms with Gasteiger partial charge in [-0.25, -0.2) is 5.48 Å². The Kier molecular flexibility index (Phi) is 5.60. The molecule has 0 saturated heterocycles. The average molecular weight is 248 g/mol. The molecule has 0 fully saturated rings. The smallest absolute Gasteiger partial charge is 0.265 e. The monoisotopic (exact) mass is 248 g/mol. The maximum Gasteiger partial charge on any atom is 0.265 e. The van der Waals surface area contributed by atoms with Crippen LogP contribution in [0.3, 0.4) is 0 Å². The number of hydrogen-bond acceptors (Lipinski definition) is 3. The third-order valence-corrected chi connectivity index (χ3v) is 2.18. The molecule has 5 nitrogen and oxygen atoms in total. The number of hydroxylamine groups is 1. The van der Waals surface area contributed by atoms with Crippen LogP contribution in [0, 0.1) is 0 Å². The van der Waals surface area contributed by atoms with Gasteiger partial charge in [-0.3, -0.25) is 14.4 Å². The molecule has 0 spiro atoms. The average Bonchev–Trinajstić information content (AvgIpc) is 2.38. The molecule has 1 aromatic rings. The molecule has 1 atom stereocenters. The number of nitrogens with one attached hydrogen (secondary N) is 2. The summed E-state index contributed by atoms with van der Waals surface area (Å²) in [6.07, 6.45) is 3.06. The van der Waals surface area contributed by atoms with Crippen molar-refractivity contribution in [2.24, 2.45) is 0 Å². The van der Waals surface area contributed by atoms with E-state index in [0.717, 1.165) is 5.56 Å². The van der Waals surface area contributed by atoms with Gasteiger partial charge in [-0.05, 0) is 18.6 Å². The van der Waals surface area contributed by atoms with Crippen LogP contribution in [0.1, 0.15) is 12.5 Å². The Hall–Kier alpha value is -2.14. The Morgan fingerprint density at radius 3 is 2.56 bits per heavy atom. The van der Waals surface area contributed by atoms with Crippen molar-refractivity contribution in [3.63, 3.8) is 0 Å². The maximum atomic E-state index is 11.5. The zero-order valence-electron chi connectivity index (χ0n) is 10.3. The van der Waals surface area contributed by atoms with E-state index in [-0.39, 0.29) is 5.91 Å². The quantitative estimate of drug-likeness (QED) is 0.600. The van der Waals surface area contributed by atoms with E-state index >= 15 is 0 Å². The van der Waals surface area contributed by atoms with Crippen LogP contribution in [0.2, 0.25) is 0 Å². The van der Waals surface area contributed by atoms with E-state index in [9.17, 15) is 9.59 Å². The molecule has 0 saturated carbocycles. The predicted octanol–water partition coefficient (Wildman–Crippen LogP) is 0.882. The van der Waals surface area contributed by atoms with Crippen molar-refractivity contribution >= 4 is 17.9 Å². The molecule has 96 valence electrons. The van der Waals surface area contributed by atoms with Gasteiger partial charge in [0.15, 0.2) is 0 Å². The number of benzene rings is 1. The zero-order valence-corrected chi connectivity index (χ0v) is 10.3. The summed E-state index contributed by atoms with van der Waals surface area (Å²) < 4.78 is 0. The number of amides is 2. The van der Waals surface area contributed by atoms with Gasteiger partial charge in [-0.1, -0.05) is 30.3 Å². The second-order valence-electron chi connectivity index (χ2n) is 3.64. The number of hydrogen-bond donors (Lipinski definition) is 2. The lowest BCUT2D eigenvalue weighted by atomic mass is 10.2. The van der Waals surface area contributed by atoms with Crippen molar-refractivity contribution in [2.45, 2.75) is 13.0 Å². The first-order valence-corrected chi connectivity index (χ1v) is 5.50. The molecule has 1 rings (SSSR count). The van der Waals surface area contributed by atoms with Crippen LogP contribution in [0.5, 0.6) is 0 Å². The molecule has 0 heterocycles. The molecular weight excluding hydrogens is 232 g/mol. The highest BCUT2D eigenvalue weighted by molar-refractivity contribution is 5.95. The normalized spacial score (nSPS) is 12.1. The van der Waals surface area contributed by atoms with Gasteiger partial charge in [0.25, 0.3) is 5.91 Å². The van der Waals surface area contributed by atoms with Gasteiger partial charge in [0.1, 0.15) is 6.04 Å². The molecule has 0 bridgehead atoms. The zero-order chi connectivity index (χ0) is 13.4. The predicted molar refractivity (Wildman–Crippen MR) is 68.2 cm³/mol. The second kappa shape index (κ2) is 7.24. The van der Waals surface area contributed by atoms with Gasteiger partial charge in [0, 0.05) is 6.08 Å². The Labute approximate surface area is 106 Å². The minimum atomic E-state index is -0.655. The van der Waals surface area contributed by atoms with E-state index in [0.29, 0.717) is 0 Å². The molecule has 0 radical (unpaired) electrons. The van der Waals surface area contributed by atoms with Gasteiger partial charge in [-0.15, -0.1) is 0 Å². The Balaban J connectivity index is 2.47. The van der Waals surface area contributed by atoms with Crippen LogP contribution in [0.4, 0.5) is 0 Å². The molecule has 0 aromatic heterocycles. The van der Waals surface area contributed by atoms with Crippen molar-refractivity contribution in [1.29, 1.82) is 0 Å². The SMILES string of the molecule is CONC(=O)C(C)NC(=O)/C=C/c1ccccc1. The van der Waals surface area contributed by atoms with Crippen molar-refractivity contribution in [3.05, 3.63) is 42.0 Å². The molecule has 1 aromatic carbocycles. The number of rotatable bonds is 5. The number of carbonyl (C=O) groups is 2. The van der Waals surface area contributed by atoms with Crippen LogP contribution in [-0.4, -0.2) is 25.0 Å². The Morgan fingerprint density at radius 2 is 1.94 bits per heavy atom. The highest BCUT2D eigenvalue weighted by Crippen LogP contribution is 2.00. The van der Waals surface area contributed by atoms with Crippen molar-refractivity contribution in [2.75, 3.05) is 7.11 Å². The lowest BCUT2D eigenvalue weighted by Gasteiger charge is -2.10. The van der Waals surface area contributed by atoms with Gasteiger partial charge in [-0.2, -0.15) is 0 Å². The summed E-state index contributed by atoms with van der Waals surface area (Å²) in [7, 11) is 1.34. The molecule has 1 unspecified atom stereocenters. The standard InChI is InChI=1S/C13H16N2O3/c1-10(13(17)15-18-2)14-12(16)9-8-11-6-4-3-5-7-11/h3-10H,1-2H3,(H,14,16)(H,15,17)/b9-8+. The molecule has 0 aliphatic rings. The first-order valence-electron chi connectivity index (χ1n) is 5.50. The van der Waals surface area contributed by atoms with Crippen LogP contribution >= 0.6 is 0 Å². The first-order chi connectivity index (χ1) is 8.63. The Morgan fingerprint density at radius 1 is 1.28 bits per heavy atom. The maximum absolute atomic E-state index is 11.5. The first kappa shape index (κ1) is 13.9. The fourth-order valence-electron chi connectivity index (χ4n) is 1.25. The largest absolute Gasteiger partial charge is 0.341 e.